The number of benzene rings is 1. The van der Waals surface area contributed by atoms with Crippen LogP contribution in [-0.4, -0.2) is 13.0 Å². The Kier molecular flexibility index (Phi) is 14.9. The Hall–Kier alpha value is -1.77. The molecule has 0 aliphatic rings. The lowest BCUT2D eigenvalue weighted by atomic mass is 10.1. The fraction of sp³-hybridized carbons (Fsp3) is 0.654. The zero-order valence-corrected chi connectivity index (χ0v) is 19.1. The second-order valence-corrected chi connectivity index (χ2v) is 8.03. The van der Waals surface area contributed by atoms with Crippen LogP contribution >= 0.6 is 0 Å². The minimum absolute atomic E-state index is 0.0789. The first kappa shape index (κ1) is 25.3. The van der Waals surface area contributed by atoms with Crippen LogP contribution in [0.2, 0.25) is 0 Å². The van der Waals surface area contributed by atoms with Gasteiger partial charge in [-0.25, -0.2) is 0 Å². The summed E-state index contributed by atoms with van der Waals surface area (Å²) in [6, 6.07) is 5.80. The van der Waals surface area contributed by atoms with Crippen molar-refractivity contribution >= 4 is 11.6 Å². The highest BCUT2D eigenvalue weighted by Crippen LogP contribution is 2.27. The van der Waals surface area contributed by atoms with E-state index in [1.165, 1.54) is 70.6 Å². The third-order valence-corrected chi connectivity index (χ3v) is 5.38. The molecule has 0 radical (unpaired) electrons. The number of carbonyl (C=O) groups is 1. The average Bonchev–Trinajstić information content (AvgIpc) is 2.72. The number of methoxy groups -OCH3 is 1. The molecular formula is C26H43NO2. The van der Waals surface area contributed by atoms with E-state index in [0.717, 1.165) is 29.8 Å². The van der Waals surface area contributed by atoms with Gasteiger partial charge in [-0.05, 0) is 50.7 Å². The number of hydrogen-bond donors (Lipinski definition) is 1. The Morgan fingerprint density at radius 1 is 0.897 bits per heavy atom. The van der Waals surface area contributed by atoms with Gasteiger partial charge in [-0.3, -0.25) is 4.79 Å². The van der Waals surface area contributed by atoms with Gasteiger partial charge in [-0.2, -0.15) is 0 Å². The van der Waals surface area contributed by atoms with Crippen LogP contribution in [0.25, 0.3) is 0 Å². The van der Waals surface area contributed by atoms with E-state index < -0.39 is 0 Å². The molecule has 3 nitrogen and oxygen atoms in total. The summed E-state index contributed by atoms with van der Waals surface area (Å²) in [7, 11) is 1.63. The molecule has 1 rings (SSSR count). The average molecular weight is 402 g/mol. The van der Waals surface area contributed by atoms with Crippen LogP contribution in [-0.2, 0) is 4.79 Å². The molecule has 0 aromatic heterocycles. The van der Waals surface area contributed by atoms with Gasteiger partial charge in [-0.15, -0.1) is 0 Å². The van der Waals surface area contributed by atoms with Crippen molar-refractivity contribution in [1.29, 1.82) is 0 Å². The van der Waals surface area contributed by atoms with Gasteiger partial charge in [0, 0.05) is 6.42 Å². The third-order valence-electron chi connectivity index (χ3n) is 5.38. The fourth-order valence-electron chi connectivity index (χ4n) is 3.53. The number of allylic oxidation sites excluding steroid dienone is 2. The minimum Gasteiger partial charge on any atom is -0.495 e. The molecule has 0 unspecified atom stereocenters. The van der Waals surface area contributed by atoms with Gasteiger partial charge in [0.15, 0.2) is 0 Å². The number of hydrogen-bond acceptors (Lipinski definition) is 2. The van der Waals surface area contributed by atoms with Crippen molar-refractivity contribution in [3.05, 3.63) is 35.9 Å². The van der Waals surface area contributed by atoms with Crippen LogP contribution in [0.15, 0.2) is 30.4 Å². The zero-order chi connectivity index (χ0) is 21.2. The Balaban J connectivity index is 1.98. The lowest BCUT2D eigenvalue weighted by Crippen LogP contribution is -2.13. The number of aryl methyl sites for hydroxylation is 1. The molecule has 1 aromatic rings. The van der Waals surface area contributed by atoms with Gasteiger partial charge in [0.2, 0.25) is 5.91 Å². The summed E-state index contributed by atoms with van der Waals surface area (Å²) < 4.78 is 5.34. The lowest BCUT2D eigenvalue weighted by molar-refractivity contribution is -0.116. The summed E-state index contributed by atoms with van der Waals surface area (Å²) in [5, 5.41) is 3.01. The molecular weight excluding hydrogens is 358 g/mol. The van der Waals surface area contributed by atoms with Crippen molar-refractivity contribution in [1.82, 2.24) is 0 Å². The molecule has 0 aliphatic carbocycles. The lowest BCUT2D eigenvalue weighted by Gasteiger charge is -2.12. The van der Waals surface area contributed by atoms with Crippen molar-refractivity contribution in [2.45, 2.75) is 104 Å². The molecule has 0 aliphatic heterocycles. The van der Waals surface area contributed by atoms with Crippen molar-refractivity contribution in [3.63, 3.8) is 0 Å². The summed E-state index contributed by atoms with van der Waals surface area (Å²) in [5.41, 5.74) is 1.83. The molecule has 0 saturated carbocycles. The Morgan fingerprint density at radius 3 is 2.10 bits per heavy atom. The van der Waals surface area contributed by atoms with Crippen LogP contribution in [0.1, 0.15) is 102 Å². The summed E-state index contributed by atoms with van der Waals surface area (Å²) in [5.74, 6) is 0.804. The number of ether oxygens (including phenoxy) is 1. The summed E-state index contributed by atoms with van der Waals surface area (Å²) >= 11 is 0. The molecule has 0 spiro atoms. The smallest absolute Gasteiger partial charge is 0.224 e. The second-order valence-electron chi connectivity index (χ2n) is 8.03. The van der Waals surface area contributed by atoms with Crippen molar-refractivity contribution in [2.24, 2.45) is 0 Å². The Morgan fingerprint density at radius 2 is 1.48 bits per heavy atom. The van der Waals surface area contributed by atoms with Gasteiger partial charge >= 0.3 is 0 Å². The molecule has 0 bridgehead atoms. The highest BCUT2D eigenvalue weighted by atomic mass is 16.5. The summed E-state index contributed by atoms with van der Waals surface area (Å²) in [4.78, 5) is 12.2. The van der Waals surface area contributed by atoms with Gasteiger partial charge < -0.3 is 10.1 Å². The van der Waals surface area contributed by atoms with E-state index in [9.17, 15) is 4.79 Å². The largest absolute Gasteiger partial charge is 0.495 e. The van der Waals surface area contributed by atoms with E-state index in [1.807, 2.05) is 25.1 Å². The van der Waals surface area contributed by atoms with E-state index in [-0.39, 0.29) is 5.91 Å². The molecule has 0 heterocycles. The van der Waals surface area contributed by atoms with E-state index in [4.69, 9.17) is 4.74 Å². The first-order valence-corrected chi connectivity index (χ1v) is 11.8. The molecule has 164 valence electrons. The predicted molar refractivity (Wildman–Crippen MR) is 126 cm³/mol. The molecule has 1 aromatic carbocycles. The number of unbranched alkanes of at least 4 members (excludes halogenated alkanes) is 11. The number of amides is 1. The fourth-order valence-corrected chi connectivity index (χ4v) is 3.53. The molecule has 1 amide bonds. The standard InChI is InChI=1S/C26H43NO2/c1-4-5-6-7-8-9-10-11-12-13-14-15-16-17-18-22-25(28)27-26-23(2)20-19-21-24(26)29-3/h11-12,19-21H,4-10,13-18,22H2,1-3H3,(H,27,28)/b12-11+. The quantitative estimate of drug-likeness (QED) is 0.212. The van der Waals surface area contributed by atoms with Crippen molar-refractivity contribution in [2.75, 3.05) is 12.4 Å². The zero-order valence-electron chi connectivity index (χ0n) is 19.1. The van der Waals surface area contributed by atoms with Crippen LogP contribution in [0, 0.1) is 6.92 Å². The predicted octanol–water partition coefficient (Wildman–Crippen LogP) is 7.98. The number of para-hydroxylation sites is 1. The van der Waals surface area contributed by atoms with Crippen LogP contribution in [0.3, 0.4) is 0 Å². The minimum atomic E-state index is 0.0789. The monoisotopic (exact) mass is 401 g/mol. The summed E-state index contributed by atoms with van der Waals surface area (Å²) in [6.07, 6.45) is 21.8. The summed E-state index contributed by atoms with van der Waals surface area (Å²) in [6.45, 7) is 4.25. The molecule has 1 N–H and O–H groups in total. The Labute approximate surface area is 179 Å². The molecule has 0 saturated heterocycles. The normalized spacial score (nSPS) is 11.1. The van der Waals surface area contributed by atoms with Gasteiger partial charge in [-0.1, -0.05) is 82.6 Å². The van der Waals surface area contributed by atoms with Crippen molar-refractivity contribution < 1.29 is 9.53 Å². The van der Waals surface area contributed by atoms with E-state index in [1.54, 1.807) is 7.11 Å². The van der Waals surface area contributed by atoms with Crippen LogP contribution in [0.4, 0.5) is 5.69 Å². The number of rotatable bonds is 17. The first-order chi connectivity index (χ1) is 14.2. The number of nitrogens with one attached hydrogen (secondary N) is 1. The van der Waals surface area contributed by atoms with Crippen LogP contribution < -0.4 is 10.1 Å². The Bertz CT molecular complexity index is 580. The van der Waals surface area contributed by atoms with E-state index in [0.29, 0.717) is 6.42 Å². The molecule has 3 heteroatoms. The molecule has 29 heavy (non-hydrogen) atoms. The highest BCUT2D eigenvalue weighted by molar-refractivity contribution is 5.93. The number of carbonyl (C=O) groups excluding carboxylic acids is 1. The van der Waals surface area contributed by atoms with Gasteiger partial charge in [0.1, 0.15) is 5.75 Å². The van der Waals surface area contributed by atoms with Crippen LogP contribution in [0.5, 0.6) is 5.75 Å². The maximum absolute atomic E-state index is 12.2. The maximum atomic E-state index is 12.2. The van der Waals surface area contributed by atoms with Gasteiger partial charge in [0.05, 0.1) is 12.8 Å². The van der Waals surface area contributed by atoms with Gasteiger partial charge in [0.25, 0.3) is 0 Å². The topological polar surface area (TPSA) is 38.3 Å². The molecule has 0 atom stereocenters. The third kappa shape index (κ3) is 12.4. The first-order valence-electron chi connectivity index (χ1n) is 11.8. The second kappa shape index (κ2) is 17.1. The van der Waals surface area contributed by atoms with E-state index in [2.05, 4.69) is 24.4 Å². The SMILES string of the molecule is CCCCCCCC/C=C/CCCCCCCC(=O)Nc1c(C)cccc1OC. The van der Waals surface area contributed by atoms with E-state index >= 15 is 0 Å². The molecule has 0 fully saturated rings. The number of anilines is 1. The van der Waals surface area contributed by atoms with Crippen molar-refractivity contribution in [3.8, 4) is 5.75 Å². The highest BCUT2D eigenvalue weighted by Gasteiger charge is 2.09. The maximum Gasteiger partial charge on any atom is 0.224 e.